The third-order valence-corrected chi connectivity index (χ3v) is 4.58. The molecule has 2 heterocycles. The Bertz CT molecular complexity index is 692. The van der Waals surface area contributed by atoms with Gasteiger partial charge in [0.25, 0.3) is 0 Å². The Morgan fingerprint density at radius 2 is 2.13 bits per heavy atom. The summed E-state index contributed by atoms with van der Waals surface area (Å²) in [5.41, 5.74) is 1.91. The number of aryl methyl sites for hydroxylation is 1. The summed E-state index contributed by atoms with van der Waals surface area (Å²) in [6.45, 7) is 3.54. The van der Waals surface area contributed by atoms with Crippen molar-refractivity contribution in [2.24, 2.45) is 5.92 Å². The highest BCUT2D eigenvalue weighted by atomic mass is 79.9. The Hall–Kier alpha value is -1.95. The second-order valence-corrected chi connectivity index (χ2v) is 6.70. The number of rotatable bonds is 3. The summed E-state index contributed by atoms with van der Waals surface area (Å²) in [6.07, 6.45) is 5.32. The molecule has 3 rings (SSSR count). The molecule has 1 amide bonds. The van der Waals surface area contributed by atoms with Gasteiger partial charge < -0.3 is 10.2 Å². The van der Waals surface area contributed by atoms with Crippen LogP contribution in [0.15, 0.2) is 41.1 Å². The van der Waals surface area contributed by atoms with Crippen LogP contribution in [-0.4, -0.2) is 29.0 Å². The van der Waals surface area contributed by atoms with Gasteiger partial charge in [0.2, 0.25) is 11.9 Å². The Morgan fingerprint density at radius 3 is 2.91 bits per heavy atom. The van der Waals surface area contributed by atoms with E-state index in [-0.39, 0.29) is 11.8 Å². The normalized spacial score (nSPS) is 17.8. The van der Waals surface area contributed by atoms with Crippen LogP contribution >= 0.6 is 15.9 Å². The Balaban J connectivity index is 1.69. The molecule has 6 heteroatoms. The molecular weight excluding hydrogens is 356 g/mol. The van der Waals surface area contributed by atoms with Crippen molar-refractivity contribution in [3.63, 3.8) is 0 Å². The fraction of sp³-hybridized carbons (Fsp3) is 0.353. The highest BCUT2D eigenvalue weighted by molar-refractivity contribution is 9.10. The van der Waals surface area contributed by atoms with Crippen LogP contribution in [0.5, 0.6) is 0 Å². The Labute approximate surface area is 144 Å². The Morgan fingerprint density at radius 1 is 1.35 bits per heavy atom. The second-order valence-electron chi connectivity index (χ2n) is 5.78. The lowest BCUT2D eigenvalue weighted by Gasteiger charge is -2.32. The molecule has 5 nitrogen and oxygen atoms in total. The molecule has 1 aromatic heterocycles. The molecule has 1 N–H and O–H groups in total. The van der Waals surface area contributed by atoms with E-state index in [2.05, 4.69) is 36.1 Å². The van der Waals surface area contributed by atoms with Crippen LogP contribution in [0.1, 0.15) is 18.4 Å². The number of amides is 1. The summed E-state index contributed by atoms with van der Waals surface area (Å²) < 4.78 is 0.960. The average Bonchev–Trinajstić information content (AvgIpc) is 2.59. The van der Waals surface area contributed by atoms with E-state index in [1.807, 2.05) is 25.1 Å². The predicted octanol–water partition coefficient (Wildman–Crippen LogP) is 3.40. The van der Waals surface area contributed by atoms with E-state index in [0.717, 1.165) is 35.1 Å². The highest BCUT2D eigenvalue weighted by Crippen LogP contribution is 2.24. The van der Waals surface area contributed by atoms with E-state index in [9.17, 15) is 4.79 Å². The molecule has 23 heavy (non-hydrogen) atoms. The molecule has 1 unspecified atom stereocenters. The summed E-state index contributed by atoms with van der Waals surface area (Å²) in [5.74, 6) is 0.710. The molecular formula is C17H19BrN4O. The summed E-state index contributed by atoms with van der Waals surface area (Å²) in [7, 11) is 0. The topological polar surface area (TPSA) is 58.1 Å². The zero-order valence-corrected chi connectivity index (χ0v) is 14.6. The van der Waals surface area contributed by atoms with Gasteiger partial charge in [-0.3, -0.25) is 4.79 Å². The van der Waals surface area contributed by atoms with Crippen LogP contribution in [0, 0.1) is 12.8 Å². The summed E-state index contributed by atoms with van der Waals surface area (Å²) >= 11 is 3.45. The molecule has 2 aromatic rings. The number of benzene rings is 1. The minimum atomic E-state index is -0.0501. The molecule has 0 saturated carbocycles. The van der Waals surface area contributed by atoms with Crippen LogP contribution in [-0.2, 0) is 4.79 Å². The molecule has 0 aliphatic carbocycles. The van der Waals surface area contributed by atoms with Crippen molar-refractivity contribution in [2.45, 2.75) is 19.8 Å². The van der Waals surface area contributed by atoms with Gasteiger partial charge in [0.05, 0.1) is 5.92 Å². The maximum Gasteiger partial charge on any atom is 0.229 e. The third kappa shape index (κ3) is 3.88. The lowest BCUT2D eigenvalue weighted by molar-refractivity contribution is -0.120. The number of nitrogens with one attached hydrogen (secondary N) is 1. The zero-order valence-electron chi connectivity index (χ0n) is 13.0. The molecule has 0 radical (unpaired) electrons. The van der Waals surface area contributed by atoms with Crippen LogP contribution in [0.2, 0.25) is 0 Å². The standard InChI is InChI=1S/C17H19BrN4O/c1-12-5-6-14(18)10-15(12)21-16(23)13-4-2-9-22(11-13)17-19-7-3-8-20-17/h3,5-8,10,13H,2,4,9,11H2,1H3,(H,21,23). The van der Waals surface area contributed by atoms with Crippen molar-refractivity contribution in [1.29, 1.82) is 0 Å². The molecule has 1 fully saturated rings. The molecule has 1 aliphatic heterocycles. The molecule has 120 valence electrons. The smallest absolute Gasteiger partial charge is 0.229 e. The minimum absolute atomic E-state index is 0.0501. The lowest BCUT2D eigenvalue weighted by Crippen LogP contribution is -2.41. The van der Waals surface area contributed by atoms with Crippen LogP contribution in [0.3, 0.4) is 0 Å². The third-order valence-electron chi connectivity index (χ3n) is 4.08. The second kappa shape index (κ2) is 7.08. The van der Waals surface area contributed by atoms with Crippen molar-refractivity contribution in [3.8, 4) is 0 Å². The van der Waals surface area contributed by atoms with E-state index >= 15 is 0 Å². The van der Waals surface area contributed by atoms with E-state index in [0.29, 0.717) is 12.5 Å². The SMILES string of the molecule is Cc1ccc(Br)cc1NC(=O)C1CCCN(c2ncccn2)C1. The monoisotopic (exact) mass is 374 g/mol. The summed E-state index contributed by atoms with van der Waals surface area (Å²) in [4.78, 5) is 23.3. The van der Waals surface area contributed by atoms with Gasteiger partial charge in [0.1, 0.15) is 0 Å². The largest absolute Gasteiger partial charge is 0.340 e. The summed E-state index contributed by atoms with van der Waals surface area (Å²) in [6, 6.07) is 7.70. The first-order valence-corrected chi connectivity index (χ1v) is 8.52. The number of anilines is 2. The maximum atomic E-state index is 12.6. The van der Waals surface area contributed by atoms with Gasteiger partial charge in [0, 0.05) is 35.6 Å². The first-order chi connectivity index (χ1) is 11.1. The Kier molecular flexibility index (Phi) is 4.91. The van der Waals surface area contributed by atoms with Gasteiger partial charge in [-0.2, -0.15) is 0 Å². The number of halogens is 1. The molecule has 1 saturated heterocycles. The van der Waals surface area contributed by atoms with Crippen LogP contribution < -0.4 is 10.2 Å². The van der Waals surface area contributed by atoms with Crippen molar-refractivity contribution in [1.82, 2.24) is 9.97 Å². The van der Waals surface area contributed by atoms with Crippen molar-refractivity contribution >= 4 is 33.5 Å². The van der Waals surface area contributed by atoms with Gasteiger partial charge in [-0.05, 0) is 43.5 Å². The van der Waals surface area contributed by atoms with Gasteiger partial charge in [0.15, 0.2) is 0 Å². The fourth-order valence-corrected chi connectivity index (χ4v) is 3.15. The van der Waals surface area contributed by atoms with Crippen LogP contribution in [0.25, 0.3) is 0 Å². The maximum absolute atomic E-state index is 12.6. The number of aromatic nitrogens is 2. The number of nitrogens with zero attached hydrogens (tertiary/aromatic N) is 3. The van der Waals surface area contributed by atoms with Gasteiger partial charge in [-0.25, -0.2) is 9.97 Å². The molecule has 0 spiro atoms. The van der Waals surface area contributed by atoms with Crippen molar-refractivity contribution in [3.05, 3.63) is 46.7 Å². The average molecular weight is 375 g/mol. The van der Waals surface area contributed by atoms with E-state index in [1.165, 1.54) is 0 Å². The number of hydrogen-bond donors (Lipinski definition) is 1. The van der Waals surface area contributed by atoms with Gasteiger partial charge >= 0.3 is 0 Å². The predicted molar refractivity (Wildman–Crippen MR) is 94.5 cm³/mol. The number of carbonyl (C=O) groups excluding carboxylic acids is 1. The number of piperidine rings is 1. The first kappa shape index (κ1) is 15.9. The molecule has 1 aromatic carbocycles. The van der Waals surface area contributed by atoms with E-state index in [4.69, 9.17) is 0 Å². The summed E-state index contributed by atoms with van der Waals surface area (Å²) in [5, 5.41) is 3.06. The fourth-order valence-electron chi connectivity index (χ4n) is 2.79. The highest BCUT2D eigenvalue weighted by Gasteiger charge is 2.27. The molecule has 1 aliphatic rings. The zero-order chi connectivity index (χ0) is 16.2. The van der Waals surface area contributed by atoms with Crippen LogP contribution in [0.4, 0.5) is 11.6 Å². The molecule has 0 bridgehead atoms. The lowest BCUT2D eigenvalue weighted by atomic mass is 9.97. The number of hydrogen-bond acceptors (Lipinski definition) is 4. The van der Waals surface area contributed by atoms with Crippen molar-refractivity contribution < 1.29 is 4.79 Å². The van der Waals surface area contributed by atoms with Crippen molar-refractivity contribution in [2.75, 3.05) is 23.3 Å². The van der Waals surface area contributed by atoms with Gasteiger partial charge in [-0.1, -0.05) is 22.0 Å². The van der Waals surface area contributed by atoms with E-state index in [1.54, 1.807) is 18.5 Å². The number of carbonyl (C=O) groups is 1. The van der Waals surface area contributed by atoms with E-state index < -0.39 is 0 Å². The minimum Gasteiger partial charge on any atom is -0.340 e. The molecule has 1 atom stereocenters. The first-order valence-electron chi connectivity index (χ1n) is 7.72. The quantitative estimate of drug-likeness (QED) is 0.894. The van der Waals surface area contributed by atoms with Gasteiger partial charge in [-0.15, -0.1) is 0 Å².